The summed E-state index contributed by atoms with van der Waals surface area (Å²) in [6, 6.07) is 0. The van der Waals surface area contributed by atoms with Gasteiger partial charge >= 0.3 is 0 Å². The molecular formula is C24H37NO3. The Hall–Kier alpha value is -1.57. The lowest BCUT2D eigenvalue weighted by atomic mass is 9.89. The first-order chi connectivity index (χ1) is 13.5. The molecule has 0 aromatic carbocycles. The van der Waals surface area contributed by atoms with Crippen molar-refractivity contribution < 1.29 is 15.0 Å². The molecule has 0 heterocycles. The van der Waals surface area contributed by atoms with Gasteiger partial charge in [0.05, 0.1) is 12.2 Å². The SMILES string of the molecule is CC#CC[C@@H](C)[C@H](O)/C=C/[C@@H]1[C@H]2C/C(=C/CCCC(=O)NCC)C[C@H]2C[C@H]1O. The highest BCUT2D eigenvalue weighted by Gasteiger charge is 2.44. The second-order valence-corrected chi connectivity index (χ2v) is 8.40. The molecule has 1 amide bonds. The van der Waals surface area contributed by atoms with E-state index < -0.39 is 6.10 Å². The molecule has 2 aliphatic rings. The van der Waals surface area contributed by atoms with Crippen LogP contribution >= 0.6 is 0 Å². The van der Waals surface area contributed by atoms with Crippen molar-refractivity contribution in [2.45, 2.75) is 77.9 Å². The number of aliphatic hydroxyl groups excluding tert-OH is 2. The Morgan fingerprint density at radius 2 is 2.18 bits per heavy atom. The zero-order chi connectivity index (χ0) is 20.5. The number of rotatable bonds is 9. The van der Waals surface area contributed by atoms with Crippen LogP contribution in [0.5, 0.6) is 0 Å². The number of fused-ring (bicyclic) bond motifs is 1. The number of hydrogen-bond acceptors (Lipinski definition) is 3. The standard InChI is InChI=1S/C24H37NO3/c1-4-6-9-17(3)22(26)13-12-20-21-15-18(14-19(21)16-23(20)27)10-7-8-11-24(28)25-5-2/h10,12-13,17,19-23,26-27H,5,7-9,11,14-16H2,1-3H3,(H,25,28)/b13-12+,18-10+/t17-,19+,20-,21+,22-,23-/m1/s1. The van der Waals surface area contributed by atoms with Crippen molar-refractivity contribution in [3.63, 3.8) is 0 Å². The Labute approximate surface area is 170 Å². The van der Waals surface area contributed by atoms with Gasteiger partial charge in [-0.1, -0.05) is 30.7 Å². The van der Waals surface area contributed by atoms with Crippen molar-refractivity contribution in [3.05, 3.63) is 23.8 Å². The van der Waals surface area contributed by atoms with E-state index in [1.807, 2.05) is 32.9 Å². The van der Waals surface area contributed by atoms with Crippen LogP contribution in [0.2, 0.25) is 0 Å². The molecule has 0 aliphatic heterocycles. The lowest BCUT2D eigenvalue weighted by Gasteiger charge is -2.19. The molecule has 0 aromatic rings. The van der Waals surface area contributed by atoms with Gasteiger partial charge in [-0.15, -0.1) is 11.8 Å². The van der Waals surface area contributed by atoms with E-state index in [1.165, 1.54) is 5.57 Å². The van der Waals surface area contributed by atoms with Crippen LogP contribution in [-0.2, 0) is 4.79 Å². The van der Waals surface area contributed by atoms with Gasteiger partial charge in [0, 0.05) is 25.3 Å². The number of carbonyl (C=O) groups excluding carboxylic acids is 1. The summed E-state index contributed by atoms with van der Waals surface area (Å²) >= 11 is 0. The molecule has 0 radical (unpaired) electrons. The second kappa shape index (κ2) is 11.4. The number of nitrogens with one attached hydrogen (secondary N) is 1. The molecule has 28 heavy (non-hydrogen) atoms. The highest BCUT2D eigenvalue weighted by molar-refractivity contribution is 5.75. The van der Waals surface area contributed by atoms with Crippen LogP contribution in [0.25, 0.3) is 0 Å². The molecule has 3 N–H and O–H groups in total. The van der Waals surface area contributed by atoms with E-state index >= 15 is 0 Å². The molecule has 0 spiro atoms. The first kappa shape index (κ1) is 22.7. The van der Waals surface area contributed by atoms with Crippen molar-refractivity contribution in [1.29, 1.82) is 0 Å². The normalized spacial score (nSPS) is 30.1. The zero-order valence-corrected chi connectivity index (χ0v) is 17.7. The topological polar surface area (TPSA) is 69.6 Å². The second-order valence-electron chi connectivity index (χ2n) is 8.40. The summed E-state index contributed by atoms with van der Waals surface area (Å²) in [4.78, 5) is 11.5. The van der Waals surface area contributed by atoms with E-state index in [4.69, 9.17) is 0 Å². The Bertz CT molecular complexity index is 627. The third kappa shape index (κ3) is 6.50. The Kier molecular flexibility index (Phi) is 9.28. The zero-order valence-electron chi connectivity index (χ0n) is 17.7. The summed E-state index contributed by atoms with van der Waals surface area (Å²) in [6.07, 6.45) is 11.5. The minimum atomic E-state index is -0.516. The highest BCUT2D eigenvalue weighted by atomic mass is 16.3. The molecule has 2 fully saturated rings. The van der Waals surface area contributed by atoms with E-state index in [0.29, 0.717) is 31.2 Å². The largest absolute Gasteiger partial charge is 0.392 e. The van der Waals surface area contributed by atoms with Gasteiger partial charge in [-0.3, -0.25) is 4.79 Å². The van der Waals surface area contributed by atoms with Crippen LogP contribution in [0.4, 0.5) is 0 Å². The number of carbonyl (C=O) groups is 1. The number of unbranched alkanes of at least 4 members (excludes halogenated alkanes) is 1. The quantitative estimate of drug-likeness (QED) is 0.322. The van der Waals surface area contributed by atoms with Gasteiger partial charge in [-0.2, -0.15) is 0 Å². The van der Waals surface area contributed by atoms with Crippen molar-refractivity contribution in [2.24, 2.45) is 23.7 Å². The van der Waals surface area contributed by atoms with E-state index in [9.17, 15) is 15.0 Å². The van der Waals surface area contributed by atoms with Gasteiger partial charge < -0.3 is 15.5 Å². The van der Waals surface area contributed by atoms with Gasteiger partial charge in [0.25, 0.3) is 0 Å². The van der Waals surface area contributed by atoms with E-state index in [2.05, 4.69) is 23.2 Å². The predicted molar refractivity (Wildman–Crippen MR) is 113 cm³/mol. The minimum absolute atomic E-state index is 0.0991. The highest BCUT2D eigenvalue weighted by Crippen LogP contribution is 2.50. The summed E-state index contributed by atoms with van der Waals surface area (Å²) in [5, 5.41) is 23.6. The van der Waals surface area contributed by atoms with Crippen molar-refractivity contribution in [1.82, 2.24) is 5.32 Å². The molecule has 2 aliphatic carbocycles. The number of aliphatic hydroxyl groups is 2. The maximum absolute atomic E-state index is 11.5. The predicted octanol–water partition coefficient (Wildman–Crippen LogP) is 3.59. The fraction of sp³-hybridized carbons (Fsp3) is 0.708. The molecule has 0 aromatic heterocycles. The van der Waals surface area contributed by atoms with Gasteiger partial charge in [0.1, 0.15) is 0 Å². The summed E-state index contributed by atoms with van der Waals surface area (Å²) in [5.41, 5.74) is 1.48. The lowest BCUT2D eigenvalue weighted by Crippen LogP contribution is -2.21. The van der Waals surface area contributed by atoms with Crippen molar-refractivity contribution in [2.75, 3.05) is 6.54 Å². The van der Waals surface area contributed by atoms with Crippen molar-refractivity contribution >= 4 is 5.91 Å². The average Bonchev–Trinajstić information content (AvgIpc) is 3.18. The maximum atomic E-state index is 11.5. The van der Waals surface area contributed by atoms with Crippen LogP contribution in [0.1, 0.15) is 65.7 Å². The molecule has 0 saturated heterocycles. The number of amides is 1. The fourth-order valence-corrected chi connectivity index (χ4v) is 4.61. The third-order valence-electron chi connectivity index (χ3n) is 6.24. The smallest absolute Gasteiger partial charge is 0.219 e. The van der Waals surface area contributed by atoms with Crippen LogP contribution in [0.15, 0.2) is 23.8 Å². The summed E-state index contributed by atoms with van der Waals surface area (Å²) in [7, 11) is 0. The number of hydrogen-bond donors (Lipinski definition) is 3. The minimum Gasteiger partial charge on any atom is -0.392 e. The van der Waals surface area contributed by atoms with Crippen LogP contribution in [-0.4, -0.2) is 34.9 Å². The fourth-order valence-electron chi connectivity index (χ4n) is 4.61. The lowest BCUT2D eigenvalue weighted by molar-refractivity contribution is -0.121. The Morgan fingerprint density at radius 3 is 2.89 bits per heavy atom. The molecule has 4 nitrogen and oxygen atoms in total. The number of allylic oxidation sites excluding steroid dienone is 2. The Morgan fingerprint density at radius 1 is 1.39 bits per heavy atom. The molecule has 6 atom stereocenters. The molecule has 2 rings (SSSR count). The third-order valence-corrected chi connectivity index (χ3v) is 6.24. The van der Waals surface area contributed by atoms with E-state index in [0.717, 1.165) is 32.1 Å². The van der Waals surface area contributed by atoms with Gasteiger partial charge in [0.15, 0.2) is 0 Å². The monoisotopic (exact) mass is 387 g/mol. The van der Waals surface area contributed by atoms with Gasteiger partial charge in [0.2, 0.25) is 5.91 Å². The maximum Gasteiger partial charge on any atom is 0.219 e. The molecule has 0 bridgehead atoms. The van der Waals surface area contributed by atoms with Gasteiger partial charge in [-0.05, 0) is 63.7 Å². The summed E-state index contributed by atoms with van der Waals surface area (Å²) in [5.74, 6) is 7.27. The van der Waals surface area contributed by atoms with Gasteiger partial charge in [-0.25, -0.2) is 0 Å². The van der Waals surface area contributed by atoms with E-state index in [-0.39, 0.29) is 23.8 Å². The van der Waals surface area contributed by atoms with Crippen LogP contribution < -0.4 is 5.32 Å². The van der Waals surface area contributed by atoms with E-state index in [1.54, 1.807) is 0 Å². The van der Waals surface area contributed by atoms with Crippen molar-refractivity contribution in [3.8, 4) is 11.8 Å². The van der Waals surface area contributed by atoms with Crippen LogP contribution in [0.3, 0.4) is 0 Å². The molecule has 0 unspecified atom stereocenters. The van der Waals surface area contributed by atoms with Crippen LogP contribution in [0, 0.1) is 35.5 Å². The molecule has 2 saturated carbocycles. The molecule has 156 valence electrons. The molecule has 4 heteroatoms. The average molecular weight is 388 g/mol. The summed E-state index contributed by atoms with van der Waals surface area (Å²) in [6.45, 7) is 6.45. The summed E-state index contributed by atoms with van der Waals surface area (Å²) < 4.78 is 0. The Balaban J connectivity index is 1.85. The first-order valence-corrected chi connectivity index (χ1v) is 10.8. The first-order valence-electron chi connectivity index (χ1n) is 10.8. The molecular weight excluding hydrogens is 350 g/mol.